The lowest BCUT2D eigenvalue weighted by atomic mass is 10.1. The monoisotopic (exact) mass is 368 g/mol. The van der Waals surface area contributed by atoms with Crippen molar-refractivity contribution >= 4 is 12.4 Å². The van der Waals surface area contributed by atoms with Gasteiger partial charge in [0.15, 0.2) is 11.6 Å². The van der Waals surface area contributed by atoms with Gasteiger partial charge in [0.1, 0.15) is 6.33 Å². The second-order valence-electron chi connectivity index (χ2n) is 5.60. The molecule has 1 N–H and O–H groups in total. The van der Waals surface area contributed by atoms with Crippen molar-refractivity contribution in [2.45, 2.75) is 18.9 Å². The molecule has 1 aromatic carbocycles. The molecule has 1 saturated heterocycles. The van der Waals surface area contributed by atoms with Gasteiger partial charge in [-0.3, -0.25) is 0 Å². The molecule has 10 heteroatoms. The zero-order valence-electron chi connectivity index (χ0n) is 13.0. The molecule has 2 aromatic heterocycles. The van der Waals surface area contributed by atoms with Gasteiger partial charge in [0.25, 0.3) is 5.89 Å². The van der Waals surface area contributed by atoms with E-state index in [2.05, 4.69) is 25.5 Å². The Morgan fingerprint density at radius 1 is 1.20 bits per heavy atom. The van der Waals surface area contributed by atoms with Gasteiger partial charge in [-0.1, -0.05) is 5.16 Å². The average molecular weight is 369 g/mol. The lowest BCUT2D eigenvalue weighted by molar-refractivity contribution is 0.345. The summed E-state index contributed by atoms with van der Waals surface area (Å²) in [7, 11) is 0. The number of rotatable bonds is 3. The Bertz CT molecular complexity index is 861. The maximum atomic E-state index is 13.3. The second-order valence-corrected chi connectivity index (χ2v) is 5.60. The van der Waals surface area contributed by atoms with Crippen LogP contribution in [0.2, 0.25) is 0 Å². The molecule has 0 aliphatic carbocycles. The van der Waals surface area contributed by atoms with Crippen LogP contribution < -0.4 is 5.32 Å². The zero-order chi connectivity index (χ0) is 16.5. The summed E-state index contributed by atoms with van der Waals surface area (Å²) in [6.07, 6.45) is 3.74. The van der Waals surface area contributed by atoms with Crippen LogP contribution in [0.3, 0.4) is 0 Å². The average Bonchev–Trinajstić information content (AvgIpc) is 3.27. The summed E-state index contributed by atoms with van der Waals surface area (Å²) >= 11 is 0. The van der Waals surface area contributed by atoms with Crippen molar-refractivity contribution in [2.75, 3.05) is 13.1 Å². The third-order valence-corrected chi connectivity index (χ3v) is 3.95. The SMILES string of the molecule is Cl.Fc1ccc(-c2noc(-c3ncn(C4CCCNC4)n3)n2)cc1F. The normalized spacial score (nSPS) is 17.3. The molecule has 3 heterocycles. The molecule has 4 rings (SSSR count). The van der Waals surface area contributed by atoms with Crippen molar-refractivity contribution < 1.29 is 13.3 Å². The van der Waals surface area contributed by atoms with Crippen LogP contribution in [0.1, 0.15) is 18.9 Å². The molecule has 1 aliphatic rings. The maximum absolute atomic E-state index is 13.3. The quantitative estimate of drug-likeness (QED) is 0.765. The highest BCUT2D eigenvalue weighted by atomic mass is 35.5. The van der Waals surface area contributed by atoms with Crippen LogP contribution in [0.15, 0.2) is 29.0 Å². The van der Waals surface area contributed by atoms with E-state index in [-0.39, 0.29) is 30.2 Å². The van der Waals surface area contributed by atoms with Crippen LogP contribution in [0, 0.1) is 11.6 Å². The van der Waals surface area contributed by atoms with Crippen molar-refractivity contribution in [1.29, 1.82) is 0 Å². The molecule has 25 heavy (non-hydrogen) atoms. The standard InChI is InChI=1S/C15H14F2N6O.ClH/c16-11-4-3-9(6-12(11)17)13-20-15(24-22-13)14-19-8-23(21-14)10-2-1-5-18-7-10;/h3-4,6,8,10,18H,1-2,5,7H2;1H. The van der Waals surface area contributed by atoms with Gasteiger partial charge in [-0.2, -0.15) is 4.98 Å². The van der Waals surface area contributed by atoms with E-state index in [9.17, 15) is 8.78 Å². The predicted octanol–water partition coefficient (Wildman–Crippen LogP) is 2.62. The zero-order valence-corrected chi connectivity index (χ0v) is 13.8. The molecule has 132 valence electrons. The highest BCUT2D eigenvalue weighted by molar-refractivity contribution is 5.85. The van der Waals surface area contributed by atoms with Gasteiger partial charge in [0.2, 0.25) is 11.6 Å². The lowest BCUT2D eigenvalue weighted by Crippen LogP contribution is -2.31. The highest BCUT2D eigenvalue weighted by Crippen LogP contribution is 2.22. The maximum Gasteiger partial charge on any atom is 0.297 e. The molecule has 0 saturated carbocycles. The molecule has 0 amide bonds. The number of hydrogen-bond acceptors (Lipinski definition) is 6. The third kappa shape index (κ3) is 3.52. The van der Waals surface area contributed by atoms with Gasteiger partial charge in [-0.15, -0.1) is 17.5 Å². The van der Waals surface area contributed by atoms with E-state index in [0.717, 1.165) is 38.1 Å². The topological polar surface area (TPSA) is 81.7 Å². The minimum absolute atomic E-state index is 0. The van der Waals surface area contributed by atoms with Gasteiger partial charge in [0, 0.05) is 12.1 Å². The molecule has 0 radical (unpaired) electrons. The number of halogens is 3. The first-order chi connectivity index (χ1) is 11.7. The Hall–Kier alpha value is -2.39. The second kappa shape index (κ2) is 7.24. The first kappa shape index (κ1) is 17.4. The van der Waals surface area contributed by atoms with E-state index in [0.29, 0.717) is 11.4 Å². The Labute approximate surface area is 147 Å². The molecule has 7 nitrogen and oxygen atoms in total. The molecule has 1 atom stereocenters. The first-order valence-corrected chi connectivity index (χ1v) is 7.62. The molecular weight excluding hydrogens is 354 g/mol. The fourth-order valence-corrected chi connectivity index (χ4v) is 2.67. The fourth-order valence-electron chi connectivity index (χ4n) is 2.67. The molecule has 1 aliphatic heterocycles. The Morgan fingerprint density at radius 3 is 2.84 bits per heavy atom. The van der Waals surface area contributed by atoms with E-state index >= 15 is 0 Å². The summed E-state index contributed by atoms with van der Waals surface area (Å²) in [5, 5.41) is 11.5. The van der Waals surface area contributed by atoms with Crippen molar-refractivity contribution in [3.8, 4) is 23.1 Å². The number of nitrogens with one attached hydrogen (secondary N) is 1. The highest BCUT2D eigenvalue weighted by Gasteiger charge is 2.20. The summed E-state index contributed by atoms with van der Waals surface area (Å²) in [6.45, 7) is 1.85. The van der Waals surface area contributed by atoms with Crippen LogP contribution in [0.5, 0.6) is 0 Å². The smallest absolute Gasteiger partial charge is 0.297 e. The summed E-state index contributed by atoms with van der Waals surface area (Å²) in [4.78, 5) is 8.35. The number of hydrogen-bond donors (Lipinski definition) is 1. The largest absolute Gasteiger partial charge is 0.330 e. The van der Waals surface area contributed by atoms with E-state index in [1.807, 2.05) is 0 Å². The molecule has 1 fully saturated rings. The Kier molecular flexibility index (Phi) is 5.05. The van der Waals surface area contributed by atoms with E-state index in [1.165, 1.54) is 6.07 Å². The number of benzene rings is 1. The van der Waals surface area contributed by atoms with Gasteiger partial charge >= 0.3 is 0 Å². The molecular formula is C15H15ClF2N6O. The lowest BCUT2D eigenvalue weighted by Gasteiger charge is -2.22. The Balaban J connectivity index is 0.00000182. The molecule has 1 unspecified atom stereocenters. The number of nitrogens with zero attached hydrogens (tertiary/aromatic N) is 5. The minimum atomic E-state index is -0.967. The van der Waals surface area contributed by atoms with E-state index < -0.39 is 11.6 Å². The van der Waals surface area contributed by atoms with Gasteiger partial charge in [-0.25, -0.2) is 18.4 Å². The first-order valence-electron chi connectivity index (χ1n) is 7.62. The molecule has 0 spiro atoms. The van der Waals surface area contributed by atoms with E-state index in [4.69, 9.17) is 4.52 Å². The van der Waals surface area contributed by atoms with Crippen molar-refractivity contribution in [2.24, 2.45) is 0 Å². The van der Waals surface area contributed by atoms with Crippen molar-refractivity contribution in [1.82, 2.24) is 30.2 Å². The Morgan fingerprint density at radius 2 is 2.08 bits per heavy atom. The fraction of sp³-hybridized carbons (Fsp3) is 0.333. The number of aromatic nitrogens is 5. The number of piperidine rings is 1. The summed E-state index contributed by atoms with van der Waals surface area (Å²) in [5.74, 6) is -1.30. The van der Waals surface area contributed by atoms with Crippen LogP contribution in [-0.4, -0.2) is 38.0 Å². The van der Waals surface area contributed by atoms with Gasteiger partial charge < -0.3 is 9.84 Å². The summed E-state index contributed by atoms with van der Waals surface area (Å²) in [5.41, 5.74) is 0.319. The van der Waals surface area contributed by atoms with Crippen LogP contribution in [0.25, 0.3) is 23.1 Å². The molecule has 0 bridgehead atoms. The van der Waals surface area contributed by atoms with Crippen LogP contribution in [-0.2, 0) is 0 Å². The predicted molar refractivity (Wildman–Crippen MR) is 87.1 cm³/mol. The minimum Gasteiger partial charge on any atom is -0.330 e. The summed E-state index contributed by atoms with van der Waals surface area (Å²) in [6, 6.07) is 3.66. The third-order valence-electron chi connectivity index (χ3n) is 3.95. The van der Waals surface area contributed by atoms with Gasteiger partial charge in [-0.05, 0) is 37.6 Å². The van der Waals surface area contributed by atoms with Gasteiger partial charge in [0.05, 0.1) is 6.04 Å². The molecule has 3 aromatic rings. The van der Waals surface area contributed by atoms with E-state index in [1.54, 1.807) is 11.0 Å². The van der Waals surface area contributed by atoms with Crippen LogP contribution >= 0.6 is 12.4 Å². The van der Waals surface area contributed by atoms with Crippen molar-refractivity contribution in [3.05, 3.63) is 36.2 Å². The summed E-state index contributed by atoms with van der Waals surface area (Å²) < 4.78 is 33.2. The van der Waals surface area contributed by atoms with Crippen LogP contribution in [0.4, 0.5) is 8.78 Å². The van der Waals surface area contributed by atoms with Crippen molar-refractivity contribution in [3.63, 3.8) is 0 Å².